The van der Waals surface area contributed by atoms with Gasteiger partial charge >= 0.3 is 6.18 Å². The van der Waals surface area contributed by atoms with Gasteiger partial charge in [0.15, 0.2) is 0 Å². The molecular weight excluding hydrogens is 341 g/mol. The van der Waals surface area contributed by atoms with Crippen LogP contribution in [0.3, 0.4) is 0 Å². The molecule has 6 heteroatoms. The molecule has 0 saturated carbocycles. The molecule has 0 aromatic heterocycles. The van der Waals surface area contributed by atoms with Crippen LogP contribution in [-0.2, 0) is 12.7 Å². The number of rotatable bonds is 3. The molecule has 2 aromatic carbocycles. The van der Waals surface area contributed by atoms with Gasteiger partial charge in [-0.1, -0.05) is 35.9 Å². The number of halogens is 3. The van der Waals surface area contributed by atoms with Crippen LogP contribution in [0.5, 0.6) is 0 Å². The van der Waals surface area contributed by atoms with E-state index < -0.39 is 11.7 Å². The summed E-state index contributed by atoms with van der Waals surface area (Å²) >= 11 is 0. The van der Waals surface area contributed by atoms with E-state index in [-0.39, 0.29) is 5.91 Å². The van der Waals surface area contributed by atoms with Gasteiger partial charge in [0, 0.05) is 38.3 Å². The third-order valence-electron chi connectivity index (χ3n) is 4.62. The predicted molar refractivity (Wildman–Crippen MR) is 93.8 cm³/mol. The Morgan fingerprint density at radius 1 is 1.00 bits per heavy atom. The molecule has 1 saturated heterocycles. The Bertz CT molecular complexity index is 763. The summed E-state index contributed by atoms with van der Waals surface area (Å²) in [6.45, 7) is 4.87. The minimum atomic E-state index is -4.32. The Labute approximate surface area is 151 Å². The number of carbonyl (C=O) groups excluding carboxylic acids is 1. The van der Waals surface area contributed by atoms with Gasteiger partial charge in [-0.3, -0.25) is 9.69 Å². The molecule has 26 heavy (non-hydrogen) atoms. The maximum absolute atomic E-state index is 12.8. The first kappa shape index (κ1) is 18.5. The van der Waals surface area contributed by atoms with Crippen LogP contribution < -0.4 is 0 Å². The Morgan fingerprint density at radius 3 is 2.27 bits per heavy atom. The molecule has 1 heterocycles. The number of aryl methyl sites for hydroxylation is 1. The fourth-order valence-electron chi connectivity index (χ4n) is 3.09. The molecule has 0 unspecified atom stereocenters. The minimum absolute atomic E-state index is 0.00344. The van der Waals surface area contributed by atoms with E-state index in [0.29, 0.717) is 43.9 Å². The Morgan fingerprint density at radius 2 is 1.65 bits per heavy atom. The van der Waals surface area contributed by atoms with Crippen molar-refractivity contribution in [3.63, 3.8) is 0 Å². The molecule has 1 fully saturated rings. The lowest BCUT2D eigenvalue weighted by molar-refractivity contribution is -0.137. The van der Waals surface area contributed by atoms with Crippen molar-refractivity contribution in [2.45, 2.75) is 19.6 Å². The second-order valence-electron chi connectivity index (χ2n) is 6.63. The summed E-state index contributed by atoms with van der Waals surface area (Å²) in [7, 11) is 0. The summed E-state index contributed by atoms with van der Waals surface area (Å²) in [4.78, 5) is 16.4. The second-order valence-corrected chi connectivity index (χ2v) is 6.63. The van der Waals surface area contributed by atoms with Gasteiger partial charge in [0.1, 0.15) is 0 Å². The van der Waals surface area contributed by atoms with Crippen LogP contribution in [-0.4, -0.2) is 41.9 Å². The van der Waals surface area contributed by atoms with Crippen molar-refractivity contribution in [3.8, 4) is 0 Å². The van der Waals surface area contributed by atoms with Gasteiger partial charge in [-0.25, -0.2) is 0 Å². The molecule has 2 aromatic rings. The van der Waals surface area contributed by atoms with Crippen LogP contribution in [0.2, 0.25) is 0 Å². The second kappa shape index (κ2) is 7.50. The van der Waals surface area contributed by atoms with Crippen LogP contribution in [0.25, 0.3) is 0 Å². The van der Waals surface area contributed by atoms with E-state index in [0.717, 1.165) is 11.6 Å². The lowest BCUT2D eigenvalue weighted by Gasteiger charge is -2.35. The zero-order valence-corrected chi connectivity index (χ0v) is 14.6. The summed E-state index contributed by atoms with van der Waals surface area (Å²) in [5, 5.41) is 0. The summed E-state index contributed by atoms with van der Waals surface area (Å²) in [5.41, 5.74) is 1.79. The van der Waals surface area contributed by atoms with E-state index in [1.165, 1.54) is 12.1 Å². The molecule has 0 radical (unpaired) electrons. The molecule has 0 aliphatic carbocycles. The number of alkyl halides is 3. The molecule has 1 aliphatic heterocycles. The van der Waals surface area contributed by atoms with Crippen LogP contribution in [0.15, 0.2) is 48.5 Å². The van der Waals surface area contributed by atoms with E-state index in [9.17, 15) is 18.0 Å². The Hall–Kier alpha value is -2.34. The topological polar surface area (TPSA) is 23.6 Å². The zero-order chi connectivity index (χ0) is 18.7. The number of piperazine rings is 1. The lowest BCUT2D eigenvalue weighted by Crippen LogP contribution is -2.48. The highest BCUT2D eigenvalue weighted by atomic mass is 19.4. The molecule has 3 rings (SSSR count). The third kappa shape index (κ3) is 4.43. The van der Waals surface area contributed by atoms with Gasteiger partial charge < -0.3 is 4.90 Å². The van der Waals surface area contributed by atoms with Crippen LogP contribution in [0.1, 0.15) is 27.0 Å². The van der Waals surface area contributed by atoms with Crippen molar-refractivity contribution in [2.24, 2.45) is 0 Å². The van der Waals surface area contributed by atoms with Crippen molar-refractivity contribution >= 4 is 5.91 Å². The van der Waals surface area contributed by atoms with Crippen molar-refractivity contribution in [1.29, 1.82) is 0 Å². The molecule has 1 amide bonds. The number of hydrogen-bond acceptors (Lipinski definition) is 2. The van der Waals surface area contributed by atoms with E-state index in [2.05, 4.69) is 4.90 Å². The van der Waals surface area contributed by atoms with Crippen molar-refractivity contribution in [3.05, 3.63) is 70.8 Å². The van der Waals surface area contributed by atoms with E-state index in [1.807, 2.05) is 31.2 Å². The third-order valence-corrected chi connectivity index (χ3v) is 4.62. The van der Waals surface area contributed by atoms with Gasteiger partial charge in [-0.15, -0.1) is 0 Å². The Balaban J connectivity index is 1.57. The Kier molecular flexibility index (Phi) is 5.32. The summed E-state index contributed by atoms with van der Waals surface area (Å²) in [6.07, 6.45) is -4.32. The fourth-order valence-corrected chi connectivity index (χ4v) is 3.09. The van der Waals surface area contributed by atoms with Crippen molar-refractivity contribution in [1.82, 2.24) is 9.80 Å². The van der Waals surface area contributed by atoms with Crippen LogP contribution in [0, 0.1) is 6.92 Å². The van der Waals surface area contributed by atoms with E-state index >= 15 is 0 Å². The molecule has 3 nitrogen and oxygen atoms in total. The number of amides is 1. The summed E-state index contributed by atoms with van der Waals surface area (Å²) < 4.78 is 38.4. The monoisotopic (exact) mass is 362 g/mol. The first-order chi connectivity index (χ1) is 12.3. The van der Waals surface area contributed by atoms with Gasteiger partial charge in [0.2, 0.25) is 0 Å². The molecule has 0 bridgehead atoms. The quantitative estimate of drug-likeness (QED) is 0.825. The normalized spacial score (nSPS) is 15.9. The van der Waals surface area contributed by atoms with Gasteiger partial charge in [-0.2, -0.15) is 13.2 Å². The van der Waals surface area contributed by atoms with Gasteiger partial charge in [0.05, 0.1) is 5.56 Å². The fraction of sp³-hybridized carbons (Fsp3) is 0.350. The minimum Gasteiger partial charge on any atom is -0.336 e. The molecule has 0 spiro atoms. The average Bonchev–Trinajstić information content (AvgIpc) is 2.62. The first-order valence-electron chi connectivity index (χ1n) is 8.57. The first-order valence-corrected chi connectivity index (χ1v) is 8.57. The molecule has 1 aliphatic rings. The molecule has 138 valence electrons. The van der Waals surface area contributed by atoms with Crippen molar-refractivity contribution < 1.29 is 18.0 Å². The highest BCUT2D eigenvalue weighted by molar-refractivity contribution is 5.94. The predicted octanol–water partition coefficient (Wildman–Crippen LogP) is 3.97. The van der Waals surface area contributed by atoms with Crippen LogP contribution in [0.4, 0.5) is 13.2 Å². The molecular formula is C20H21F3N2O. The number of hydrogen-bond donors (Lipinski definition) is 0. The molecule has 0 N–H and O–H groups in total. The smallest absolute Gasteiger partial charge is 0.336 e. The standard InChI is InChI=1S/C20H21F3N2O/c1-15-5-7-17(8-6-15)19(26)25-11-9-24(10-12-25)14-16-3-2-4-18(13-16)20(21,22)23/h2-8,13H,9-12,14H2,1H3. The largest absolute Gasteiger partial charge is 0.416 e. The SMILES string of the molecule is Cc1ccc(C(=O)N2CCN(Cc3cccc(C(F)(F)F)c3)CC2)cc1. The number of benzene rings is 2. The maximum Gasteiger partial charge on any atom is 0.416 e. The summed E-state index contributed by atoms with van der Waals surface area (Å²) in [6, 6.07) is 12.9. The summed E-state index contributed by atoms with van der Waals surface area (Å²) in [5.74, 6) is 0.00344. The van der Waals surface area contributed by atoms with Gasteiger partial charge in [-0.05, 0) is 30.7 Å². The van der Waals surface area contributed by atoms with Crippen molar-refractivity contribution in [2.75, 3.05) is 26.2 Å². The maximum atomic E-state index is 12.8. The van der Waals surface area contributed by atoms with E-state index in [4.69, 9.17) is 0 Å². The lowest BCUT2D eigenvalue weighted by atomic mass is 10.1. The molecule has 0 atom stereocenters. The average molecular weight is 362 g/mol. The van der Waals surface area contributed by atoms with Crippen LogP contribution >= 0.6 is 0 Å². The van der Waals surface area contributed by atoms with Gasteiger partial charge in [0.25, 0.3) is 5.91 Å². The number of carbonyl (C=O) groups is 1. The van der Waals surface area contributed by atoms with E-state index in [1.54, 1.807) is 11.0 Å². The number of nitrogens with zero attached hydrogens (tertiary/aromatic N) is 2. The highest BCUT2D eigenvalue weighted by Gasteiger charge is 2.30. The highest BCUT2D eigenvalue weighted by Crippen LogP contribution is 2.29. The zero-order valence-electron chi connectivity index (χ0n) is 14.6.